The highest BCUT2D eigenvalue weighted by Crippen LogP contribution is 2.33. The average Bonchev–Trinajstić information content (AvgIpc) is 3.44. The molecule has 0 fully saturated rings. The number of carbonyl (C=O) groups is 2. The number of oxazole rings is 1. The first-order valence-electron chi connectivity index (χ1n) is 10.0. The van der Waals surface area contributed by atoms with Crippen molar-refractivity contribution in [2.45, 2.75) is 13.1 Å². The van der Waals surface area contributed by atoms with E-state index in [1.165, 1.54) is 12.6 Å². The fourth-order valence-corrected chi connectivity index (χ4v) is 4.14. The first-order valence-corrected chi connectivity index (χ1v) is 10.4. The van der Waals surface area contributed by atoms with Gasteiger partial charge in [-0.1, -0.05) is 23.7 Å². The van der Waals surface area contributed by atoms with Crippen molar-refractivity contribution in [3.8, 4) is 11.3 Å². The molecule has 2 aromatic carbocycles. The molecule has 4 N–H and O–H groups in total. The zero-order valence-corrected chi connectivity index (χ0v) is 18.0. The van der Waals surface area contributed by atoms with E-state index in [9.17, 15) is 9.59 Å². The first kappa shape index (κ1) is 20.7. The normalized spacial score (nSPS) is 13.1. The summed E-state index contributed by atoms with van der Waals surface area (Å²) in [6.45, 7) is 0.963. The number of urea groups is 1. The minimum atomic E-state index is -0.646. The van der Waals surface area contributed by atoms with Gasteiger partial charge in [-0.2, -0.15) is 5.10 Å². The number of fused-ring (bicyclic) bond motifs is 2. The highest BCUT2D eigenvalue weighted by Gasteiger charge is 2.30. The zero-order chi connectivity index (χ0) is 23.1. The van der Waals surface area contributed by atoms with E-state index in [-0.39, 0.29) is 18.1 Å². The van der Waals surface area contributed by atoms with Crippen LogP contribution in [0.25, 0.3) is 22.4 Å². The van der Waals surface area contributed by atoms with Gasteiger partial charge in [-0.05, 0) is 29.8 Å². The number of carbonyl (C=O) groups excluding carboxylic acids is 2. The number of aromatic nitrogens is 3. The Bertz CT molecular complexity index is 1410. The van der Waals surface area contributed by atoms with Crippen LogP contribution < -0.4 is 11.1 Å². The lowest BCUT2D eigenvalue weighted by molar-refractivity contribution is 0.0997. The van der Waals surface area contributed by atoms with Gasteiger partial charge in [-0.25, -0.2) is 9.78 Å². The number of nitrogens with two attached hydrogens (primary N) is 1. The SMILES string of the molecule is N=Cc1ccc(NC(=O)N2CCn3nc(-c4cc(Cl)c5ocnc5c4)c(C(N)=O)c3C2)cc1. The van der Waals surface area contributed by atoms with Crippen LogP contribution in [0.5, 0.6) is 0 Å². The highest BCUT2D eigenvalue weighted by atomic mass is 35.5. The summed E-state index contributed by atoms with van der Waals surface area (Å²) in [5, 5.41) is 15.0. The van der Waals surface area contributed by atoms with Crippen LogP contribution in [0.4, 0.5) is 10.5 Å². The Morgan fingerprint density at radius 2 is 2.00 bits per heavy atom. The molecule has 5 rings (SSSR count). The third-order valence-electron chi connectivity index (χ3n) is 5.50. The molecule has 0 aliphatic carbocycles. The summed E-state index contributed by atoms with van der Waals surface area (Å²) in [4.78, 5) is 31.0. The van der Waals surface area contributed by atoms with Crippen LogP contribution in [0.3, 0.4) is 0 Å². The summed E-state index contributed by atoms with van der Waals surface area (Å²) in [6.07, 6.45) is 2.52. The molecule has 11 heteroatoms. The first-order chi connectivity index (χ1) is 15.9. The van der Waals surface area contributed by atoms with Crippen LogP contribution in [0.2, 0.25) is 5.02 Å². The second-order valence-corrected chi connectivity index (χ2v) is 7.94. The molecule has 1 aliphatic heterocycles. The Balaban J connectivity index is 1.45. The van der Waals surface area contributed by atoms with Crippen LogP contribution in [-0.4, -0.2) is 44.4 Å². The predicted molar refractivity (Wildman–Crippen MR) is 123 cm³/mol. The highest BCUT2D eigenvalue weighted by molar-refractivity contribution is 6.35. The number of anilines is 1. The number of primary amides is 1. The van der Waals surface area contributed by atoms with Crippen molar-refractivity contribution in [1.29, 1.82) is 5.41 Å². The number of rotatable bonds is 4. The molecule has 2 aromatic heterocycles. The summed E-state index contributed by atoms with van der Waals surface area (Å²) in [5.74, 6) is -0.646. The molecular formula is C22H18ClN7O3. The lowest BCUT2D eigenvalue weighted by atomic mass is 10.0. The van der Waals surface area contributed by atoms with Crippen molar-refractivity contribution in [3.05, 3.63) is 64.6 Å². The maximum absolute atomic E-state index is 12.8. The van der Waals surface area contributed by atoms with E-state index in [1.807, 2.05) is 0 Å². The molecular weight excluding hydrogens is 446 g/mol. The van der Waals surface area contributed by atoms with E-state index in [4.69, 9.17) is 27.2 Å². The topological polar surface area (TPSA) is 143 Å². The van der Waals surface area contributed by atoms with Crippen LogP contribution in [-0.2, 0) is 13.1 Å². The smallest absolute Gasteiger partial charge is 0.322 e. The minimum Gasteiger partial charge on any atom is -0.442 e. The number of nitrogens with zero attached hydrogens (tertiary/aromatic N) is 4. The minimum absolute atomic E-state index is 0.162. The van der Waals surface area contributed by atoms with Crippen LogP contribution in [0, 0.1) is 5.41 Å². The maximum Gasteiger partial charge on any atom is 0.322 e. The lowest BCUT2D eigenvalue weighted by Gasteiger charge is -2.28. The van der Waals surface area contributed by atoms with Gasteiger partial charge in [-0.3, -0.25) is 9.48 Å². The number of benzene rings is 2. The van der Waals surface area contributed by atoms with Crippen molar-refractivity contribution in [2.75, 3.05) is 11.9 Å². The van der Waals surface area contributed by atoms with Crippen molar-refractivity contribution in [3.63, 3.8) is 0 Å². The Kier molecular flexibility index (Phi) is 5.06. The van der Waals surface area contributed by atoms with Gasteiger partial charge in [0.05, 0.1) is 29.4 Å². The Morgan fingerprint density at radius 3 is 2.73 bits per heavy atom. The van der Waals surface area contributed by atoms with E-state index < -0.39 is 5.91 Å². The van der Waals surface area contributed by atoms with Crippen molar-refractivity contribution in [1.82, 2.24) is 19.7 Å². The molecule has 0 saturated carbocycles. The summed E-state index contributed by atoms with van der Waals surface area (Å²) >= 11 is 6.31. The van der Waals surface area contributed by atoms with E-state index in [0.29, 0.717) is 51.9 Å². The number of nitrogens with one attached hydrogen (secondary N) is 2. The third-order valence-corrected chi connectivity index (χ3v) is 5.78. The van der Waals surface area contributed by atoms with Crippen LogP contribution >= 0.6 is 11.6 Å². The van der Waals surface area contributed by atoms with Gasteiger partial charge < -0.3 is 25.8 Å². The molecule has 4 aromatic rings. The van der Waals surface area contributed by atoms with Gasteiger partial charge in [0.25, 0.3) is 5.91 Å². The number of halogens is 1. The van der Waals surface area contributed by atoms with Gasteiger partial charge in [-0.15, -0.1) is 0 Å². The van der Waals surface area contributed by atoms with E-state index in [1.54, 1.807) is 46.0 Å². The Labute approximate surface area is 192 Å². The van der Waals surface area contributed by atoms with E-state index >= 15 is 0 Å². The summed E-state index contributed by atoms with van der Waals surface area (Å²) in [5.41, 5.74) is 9.80. The molecule has 166 valence electrons. The second-order valence-electron chi connectivity index (χ2n) is 7.53. The molecule has 0 bridgehead atoms. The van der Waals surface area contributed by atoms with Gasteiger partial charge in [0.15, 0.2) is 12.0 Å². The fraction of sp³-hybridized carbons (Fsp3) is 0.136. The molecule has 0 saturated heterocycles. The summed E-state index contributed by atoms with van der Waals surface area (Å²) < 4.78 is 6.97. The van der Waals surface area contributed by atoms with Gasteiger partial charge in [0.1, 0.15) is 11.2 Å². The van der Waals surface area contributed by atoms with Crippen molar-refractivity contribution >= 4 is 46.5 Å². The Hall–Kier alpha value is -4.18. The molecule has 0 radical (unpaired) electrons. The van der Waals surface area contributed by atoms with Gasteiger partial charge >= 0.3 is 6.03 Å². The second kappa shape index (κ2) is 8.06. The van der Waals surface area contributed by atoms with Crippen LogP contribution in [0.15, 0.2) is 47.2 Å². The zero-order valence-electron chi connectivity index (χ0n) is 17.2. The monoisotopic (exact) mass is 463 g/mol. The predicted octanol–water partition coefficient (Wildman–Crippen LogP) is 3.49. The summed E-state index contributed by atoms with van der Waals surface area (Å²) in [6, 6.07) is 10.00. The maximum atomic E-state index is 12.8. The lowest BCUT2D eigenvalue weighted by Crippen LogP contribution is -2.41. The quantitative estimate of drug-likeness (QED) is 0.397. The summed E-state index contributed by atoms with van der Waals surface area (Å²) in [7, 11) is 0. The fourth-order valence-electron chi connectivity index (χ4n) is 3.88. The average molecular weight is 464 g/mol. The standard InChI is InChI=1S/C22H18ClN7O3/c23-15-7-13(8-16-20(15)33-11-26-16)19-18(21(25)31)17-10-29(5-6-30(17)28-19)22(32)27-14-3-1-12(9-24)2-4-14/h1-4,7-9,11,24H,5-6,10H2,(H2,25,31)(H,27,32). The molecule has 0 unspecified atom stereocenters. The molecule has 1 aliphatic rings. The van der Waals surface area contributed by atoms with Gasteiger partial charge in [0, 0.05) is 24.0 Å². The molecule has 3 heterocycles. The van der Waals surface area contributed by atoms with Gasteiger partial charge in [0.2, 0.25) is 0 Å². The van der Waals surface area contributed by atoms with E-state index in [2.05, 4.69) is 15.4 Å². The Morgan fingerprint density at radius 1 is 1.21 bits per heavy atom. The molecule has 33 heavy (non-hydrogen) atoms. The van der Waals surface area contributed by atoms with E-state index in [0.717, 1.165) is 5.56 Å². The van der Waals surface area contributed by atoms with Crippen LogP contribution in [0.1, 0.15) is 21.6 Å². The third kappa shape index (κ3) is 3.70. The molecule has 10 nitrogen and oxygen atoms in total. The largest absolute Gasteiger partial charge is 0.442 e. The van der Waals surface area contributed by atoms with Crippen molar-refractivity contribution < 1.29 is 14.0 Å². The number of hydrogen-bond donors (Lipinski definition) is 3. The van der Waals surface area contributed by atoms with Crippen molar-refractivity contribution in [2.24, 2.45) is 5.73 Å². The molecule has 0 spiro atoms. The molecule has 0 atom stereocenters. The number of amides is 3. The number of hydrogen-bond acceptors (Lipinski definition) is 6. The molecule has 3 amide bonds.